The van der Waals surface area contributed by atoms with Gasteiger partial charge in [0.1, 0.15) is 0 Å². The lowest BCUT2D eigenvalue weighted by atomic mass is 9.99. The number of esters is 1. The third-order valence-electron chi connectivity index (χ3n) is 4.53. The average molecular weight is 420 g/mol. The summed E-state index contributed by atoms with van der Waals surface area (Å²) in [7, 11) is 0. The molecule has 0 aliphatic carbocycles. The third-order valence-corrected chi connectivity index (χ3v) is 4.84. The summed E-state index contributed by atoms with van der Waals surface area (Å²) in [6.45, 7) is 3.99. The number of anilines is 2. The van der Waals surface area contributed by atoms with Gasteiger partial charge in [-0.3, -0.25) is 4.79 Å². The molecule has 4 nitrogen and oxygen atoms in total. The summed E-state index contributed by atoms with van der Waals surface area (Å²) in [6, 6.07) is 20.2. The van der Waals surface area contributed by atoms with Gasteiger partial charge < -0.3 is 10.1 Å². The molecule has 0 aliphatic rings. The van der Waals surface area contributed by atoms with E-state index in [1.54, 1.807) is 31.2 Å². The topological polar surface area (TPSA) is 55.4 Å². The zero-order chi connectivity index (χ0) is 21.5. The van der Waals surface area contributed by atoms with Crippen LogP contribution in [0.4, 0.5) is 11.4 Å². The number of benzene rings is 3. The van der Waals surface area contributed by atoms with Crippen LogP contribution >= 0.6 is 11.6 Å². The highest BCUT2D eigenvalue weighted by Gasteiger charge is 2.15. The fourth-order valence-electron chi connectivity index (χ4n) is 3.01. The minimum absolute atomic E-state index is 0.109. The van der Waals surface area contributed by atoms with Crippen molar-refractivity contribution in [2.75, 3.05) is 11.9 Å². The zero-order valence-corrected chi connectivity index (χ0v) is 17.6. The molecule has 1 N–H and O–H groups in total. The highest BCUT2D eigenvalue weighted by atomic mass is 35.5. The van der Waals surface area contributed by atoms with Crippen LogP contribution in [0.5, 0.6) is 0 Å². The molecule has 5 heteroatoms. The molecule has 0 bridgehead atoms. The van der Waals surface area contributed by atoms with E-state index in [-0.39, 0.29) is 5.78 Å². The average Bonchev–Trinajstić information content (AvgIpc) is 2.73. The highest BCUT2D eigenvalue weighted by Crippen LogP contribution is 2.28. The molecule has 30 heavy (non-hydrogen) atoms. The quantitative estimate of drug-likeness (QED) is 0.281. The summed E-state index contributed by atoms with van der Waals surface area (Å²) in [5, 5.41) is 3.66. The summed E-state index contributed by atoms with van der Waals surface area (Å²) in [4.78, 5) is 24.5. The first kappa shape index (κ1) is 21.3. The SMILES string of the molecule is CCOC(=O)/C=C/c1ccccc1Nc1ccc(C(=O)c2ccccc2C)c(Cl)c1. The highest BCUT2D eigenvalue weighted by molar-refractivity contribution is 6.35. The molecule has 0 fully saturated rings. The van der Waals surface area contributed by atoms with Crippen LogP contribution in [0.25, 0.3) is 6.08 Å². The van der Waals surface area contributed by atoms with Crippen LogP contribution in [0.1, 0.15) is 34.0 Å². The smallest absolute Gasteiger partial charge is 0.330 e. The fourth-order valence-corrected chi connectivity index (χ4v) is 3.28. The predicted molar refractivity (Wildman–Crippen MR) is 121 cm³/mol. The number of hydrogen-bond acceptors (Lipinski definition) is 4. The Labute approximate surface area is 181 Å². The molecule has 3 aromatic rings. The van der Waals surface area contributed by atoms with Gasteiger partial charge in [-0.05, 0) is 55.3 Å². The van der Waals surface area contributed by atoms with E-state index in [0.717, 1.165) is 22.5 Å². The predicted octanol–water partition coefficient (Wildman–Crippen LogP) is 6.20. The Bertz CT molecular complexity index is 1110. The Morgan fingerprint density at radius 2 is 1.73 bits per heavy atom. The largest absolute Gasteiger partial charge is 0.463 e. The number of hydrogen-bond donors (Lipinski definition) is 1. The van der Waals surface area contributed by atoms with E-state index in [9.17, 15) is 9.59 Å². The molecule has 3 aromatic carbocycles. The number of halogens is 1. The van der Waals surface area contributed by atoms with Gasteiger partial charge in [-0.1, -0.05) is 54.1 Å². The number of rotatable bonds is 7. The van der Waals surface area contributed by atoms with Gasteiger partial charge in [0.05, 0.1) is 11.6 Å². The van der Waals surface area contributed by atoms with Crippen molar-refractivity contribution in [3.05, 3.63) is 100 Å². The number of aryl methyl sites for hydroxylation is 1. The fraction of sp³-hybridized carbons (Fsp3) is 0.120. The van der Waals surface area contributed by atoms with Gasteiger partial charge in [0.2, 0.25) is 0 Å². The molecule has 0 amide bonds. The maximum atomic E-state index is 12.9. The number of para-hydroxylation sites is 1. The zero-order valence-electron chi connectivity index (χ0n) is 16.8. The molecule has 0 saturated carbocycles. The molecule has 152 valence electrons. The Hall–Kier alpha value is -3.37. The van der Waals surface area contributed by atoms with Gasteiger partial charge in [-0.15, -0.1) is 0 Å². The monoisotopic (exact) mass is 419 g/mol. The second-order valence-corrected chi connectivity index (χ2v) is 7.04. The number of ether oxygens (including phenoxy) is 1. The van der Waals surface area contributed by atoms with E-state index in [0.29, 0.717) is 22.8 Å². The summed E-state index contributed by atoms with van der Waals surface area (Å²) in [5.74, 6) is -0.503. The Balaban J connectivity index is 1.83. The standard InChI is InChI=1S/C25H22ClNO3/c1-3-30-24(28)15-12-18-9-5-7-11-23(18)27-19-13-14-21(22(26)16-19)25(29)20-10-6-4-8-17(20)2/h4-16,27H,3H2,1-2H3/b15-12+. The summed E-state index contributed by atoms with van der Waals surface area (Å²) >= 11 is 6.43. The second kappa shape index (κ2) is 9.90. The molecule has 0 radical (unpaired) electrons. The molecule has 0 spiro atoms. The van der Waals surface area contributed by atoms with Crippen molar-refractivity contribution in [3.8, 4) is 0 Å². The molecule has 0 heterocycles. The van der Waals surface area contributed by atoms with Crippen molar-refractivity contribution in [1.29, 1.82) is 0 Å². The minimum Gasteiger partial charge on any atom is -0.463 e. The van der Waals surface area contributed by atoms with E-state index in [1.165, 1.54) is 6.08 Å². The molecule has 0 saturated heterocycles. The normalized spacial score (nSPS) is 10.8. The van der Waals surface area contributed by atoms with Gasteiger partial charge in [0.15, 0.2) is 5.78 Å². The number of carbonyl (C=O) groups excluding carboxylic acids is 2. The van der Waals surface area contributed by atoms with E-state index in [1.807, 2.05) is 55.5 Å². The van der Waals surface area contributed by atoms with Gasteiger partial charge in [0, 0.05) is 28.6 Å². The van der Waals surface area contributed by atoms with Crippen LogP contribution in [-0.2, 0) is 9.53 Å². The van der Waals surface area contributed by atoms with Crippen molar-refractivity contribution >= 4 is 40.8 Å². The van der Waals surface area contributed by atoms with Gasteiger partial charge in [0.25, 0.3) is 0 Å². The summed E-state index contributed by atoms with van der Waals surface area (Å²) < 4.78 is 4.92. The molecular weight excluding hydrogens is 398 g/mol. The van der Waals surface area contributed by atoms with E-state index >= 15 is 0 Å². The molecular formula is C25H22ClNO3. The summed E-state index contributed by atoms with van der Waals surface area (Å²) in [6.07, 6.45) is 3.08. The van der Waals surface area contributed by atoms with Crippen molar-refractivity contribution in [3.63, 3.8) is 0 Å². The lowest BCUT2D eigenvalue weighted by Crippen LogP contribution is -2.05. The van der Waals surface area contributed by atoms with Crippen LogP contribution in [0, 0.1) is 6.92 Å². The first-order valence-corrected chi connectivity index (χ1v) is 9.98. The van der Waals surface area contributed by atoms with E-state index in [2.05, 4.69) is 5.32 Å². The molecule has 0 aliphatic heterocycles. The van der Waals surface area contributed by atoms with Crippen LogP contribution < -0.4 is 5.32 Å². The van der Waals surface area contributed by atoms with E-state index in [4.69, 9.17) is 16.3 Å². The lowest BCUT2D eigenvalue weighted by molar-refractivity contribution is -0.137. The van der Waals surface area contributed by atoms with Crippen LogP contribution in [0.2, 0.25) is 5.02 Å². The maximum Gasteiger partial charge on any atom is 0.330 e. The van der Waals surface area contributed by atoms with Crippen molar-refractivity contribution < 1.29 is 14.3 Å². The van der Waals surface area contributed by atoms with Crippen molar-refractivity contribution in [1.82, 2.24) is 0 Å². The first-order chi connectivity index (χ1) is 14.5. The Morgan fingerprint density at radius 3 is 2.47 bits per heavy atom. The van der Waals surface area contributed by atoms with Crippen molar-refractivity contribution in [2.45, 2.75) is 13.8 Å². The van der Waals surface area contributed by atoms with Gasteiger partial charge in [-0.2, -0.15) is 0 Å². The van der Waals surface area contributed by atoms with Crippen molar-refractivity contribution in [2.24, 2.45) is 0 Å². The number of nitrogens with one attached hydrogen (secondary N) is 1. The maximum absolute atomic E-state index is 12.9. The number of carbonyl (C=O) groups is 2. The first-order valence-electron chi connectivity index (χ1n) is 9.60. The second-order valence-electron chi connectivity index (χ2n) is 6.64. The molecule has 0 unspecified atom stereocenters. The molecule has 3 rings (SSSR count). The van der Waals surface area contributed by atoms with E-state index < -0.39 is 5.97 Å². The van der Waals surface area contributed by atoms with Crippen LogP contribution in [-0.4, -0.2) is 18.4 Å². The Morgan fingerprint density at radius 1 is 1.00 bits per heavy atom. The summed E-state index contributed by atoms with van der Waals surface area (Å²) in [5.41, 5.74) is 4.34. The van der Waals surface area contributed by atoms with Gasteiger partial charge in [-0.25, -0.2) is 4.79 Å². The lowest BCUT2D eigenvalue weighted by Gasteiger charge is -2.12. The molecule has 0 atom stereocenters. The number of ketones is 1. The minimum atomic E-state index is -0.394. The van der Waals surface area contributed by atoms with Crippen LogP contribution in [0.3, 0.4) is 0 Å². The van der Waals surface area contributed by atoms with Crippen LogP contribution in [0.15, 0.2) is 72.8 Å². The Kier molecular flexibility index (Phi) is 7.04. The third kappa shape index (κ3) is 5.16. The molecule has 0 aromatic heterocycles. The van der Waals surface area contributed by atoms with Gasteiger partial charge >= 0.3 is 5.97 Å².